The predicted octanol–water partition coefficient (Wildman–Crippen LogP) is 4.42. The number of rotatable bonds is 7. The number of ether oxygens (including phenoxy) is 1. The van der Waals surface area contributed by atoms with Crippen molar-refractivity contribution in [3.8, 4) is 0 Å². The van der Waals surface area contributed by atoms with Gasteiger partial charge in [-0.25, -0.2) is 0 Å². The largest absolute Gasteiger partial charge is 0.381 e. The monoisotopic (exact) mass is 288 g/mol. The van der Waals surface area contributed by atoms with Gasteiger partial charge < -0.3 is 4.74 Å². The van der Waals surface area contributed by atoms with E-state index in [-0.39, 0.29) is 0 Å². The molecule has 94 valence electrons. The third kappa shape index (κ3) is 5.01. The Hall–Kier alpha value is 0.180. The minimum Gasteiger partial charge on any atom is -0.381 e. The van der Waals surface area contributed by atoms with Crippen molar-refractivity contribution in [2.45, 2.75) is 39.5 Å². The normalized spacial score (nSPS) is 26.9. The first kappa shape index (κ1) is 14.2. The number of hydrogen-bond acceptors (Lipinski definition) is 1. The molecule has 1 aliphatic rings. The van der Waals surface area contributed by atoms with Crippen molar-refractivity contribution in [2.24, 2.45) is 17.8 Å². The van der Waals surface area contributed by atoms with Gasteiger partial charge in [0.2, 0.25) is 0 Å². The summed E-state index contributed by atoms with van der Waals surface area (Å²) in [6, 6.07) is 0. The van der Waals surface area contributed by atoms with Gasteiger partial charge in [0, 0.05) is 11.9 Å². The lowest BCUT2D eigenvalue weighted by Gasteiger charge is -2.25. The molecule has 3 unspecified atom stereocenters. The molecule has 0 N–H and O–H groups in total. The van der Waals surface area contributed by atoms with Gasteiger partial charge in [-0.05, 0) is 37.0 Å². The molecule has 0 fully saturated rings. The molecule has 3 atom stereocenters. The first-order chi connectivity index (χ1) is 7.77. The van der Waals surface area contributed by atoms with Crippen LogP contribution in [-0.4, -0.2) is 18.5 Å². The molecule has 0 radical (unpaired) electrons. The highest BCUT2D eigenvalue weighted by Crippen LogP contribution is 2.25. The van der Waals surface area contributed by atoms with Gasteiger partial charge >= 0.3 is 0 Å². The van der Waals surface area contributed by atoms with E-state index in [1.807, 2.05) is 0 Å². The molecule has 0 aromatic carbocycles. The Morgan fingerprint density at radius 1 is 1.38 bits per heavy atom. The molecular weight excluding hydrogens is 264 g/mol. The molecule has 0 aliphatic heterocycles. The Labute approximate surface area is 109 Å². The summed E-state index contributed by atoms with van der Waals surface area (Å²) in [6.45, 7) is 6.44. The van der Waals surface area contributed by atoms with E-state index in [1.54, 1.807) is 0 Å². The van der Waals surface area contributed by atoms with Crippen LogP contribution < -0.4 is 0 Å². The maximum absolute atomic E-state index is 5.89. The first-order valence-corrected chi connectivity index (χ1v) is 7.68. The van der Waals surface area contributed by atoms with Crippen LogP contribution in [0.25, 0.3) is 0 Å². The number of allylic oxidation sites excluding steroid dienone is 2. The highest BCUT2D eigenvalue weighted by molar-refractivity contribution is 9.09. The maximum atomic E-state index is 5.89. The smallest absolute Gasteiger partial charge is 0.0502 e. The van der Waals surface area contributed by atoms with Gasteiger partial charge in [0.05, 0.1) is 6.61 Å². The van der Waals surface area contributed by atoms with Crippen LogP contribution in [0.5, 0.6) is 0 Å². The Morgan fingerprint density at radius 2 is 2.12 bits per heavy atom. The van der Waals surface area contributed by atoms with Crippen molar-refractivity contribution in [2.75, 3.05) is 18.5 Å². The minimum atomic E-state index is 0.694. The minimum absolute atomic E-state index is 0.694. The molecule has 0 spiro atoms. The summed E-state index contributed by atoms with van der Waals surface area (Å²) in [6.07, 6.45) is 9.56. The molecule has 0 saturated carbocycles. The SMILES string of the molecule is CCCC(CBr)COCC1CC=CCC1C. The van der Waals surface area contributed by atoms with Crippen molar-refractivity contribution in [1.29, 1.82) is 0 Å². The van der Waals surface area contributed by atoms with Crippen LogP contribution in [0.2, 0.25) is 0 Å². The second-order valence-electron chi connectivity index (χ2n) is 5.03. The molecule has 1 aliphatic carbocycles. The van der Waals surface area contributed by atoms with E-state index in [2.05, 4.69) is 41.9 Å². The zero-order chi connectivity index (χ0) is 11.8. The van der Waals surface area contributed by atoms with Gasteiger partial charge in [0.25, 0.3) is 0 Å². The second-order valence-corrected chi connectivity index (χ2v) is 5.67. The average molecular weight is 289 g/mol. The van der Waals surface area contributed by atoms with Crippen LogP contribution in [0.1, 0.15) is 39.5 Å². The average Bonchev–Trinajstić information content (AvgIpc) is 2.30. The summed E-state index contributed by atoms with van der Waals surface area (Å²) in [5, 5.41) is 1.07. The van der Waals surface area contributed by atoms with Gasteiger partial charge in [0.15, 0.2) is 0 Å². The molecule has 1 nitrogen and oxygen atoms in total. The van der Waals surface area contributed by atoms with E-state index in [0.717, 1.165) is 30.4 Å². The van der Waals surface area contributed by atoms with Crippen molar-refractivity contribution in [3.05, 3.63) is 12.2 Å². The Kier molecular flexibility index (Phi) is 7.39. The number of hydrogen-bond donors (Lipinski definition) is 0. The summed E-state index contributed by atoms with van der Waals surface area (Å²) in [4.78, 5) is 0. The molecule has 16 heavy (non-hydrogen) atoms. The molecule has 1 rings (SSSR count). The van der Waals surface area contributed by atoms with Crippen molar-refractivity contribution < 1.29 is 4.74 Å². The Bertz CT molecular complexity index is 203. The fraction of sp³-hybridized carbons (Fsp3) is 0.857. The number of halogens is 1. The number of alkyl halides is 1. The topological polar surface area (TPSA) is 9.23 Å². The molecule has 0 heterocycles. The van der Waals surface area contributed by atoms with Crippen LogP contribution in [0.4, 0.5) is 0 Å². The molecule has 0 amide bonds. The lowest BCUT2D eigenvalue weighted by atomic mass is 9.85. The third-order valence-corrected chi connectivity index (χ3v) is 4.43. The molecular formula is C14H25BrO. The van der Waals surface area contributed by atoms with E-state index in [4.69, 9.17) is 4.74 Å². The van der Waals surface area contributed by atoms with E-state index in [0.29, 0.717) is 5.92 Å². The van der Waals surface area contributed by atoms with Gasteiger partial charge in [0.1, 0.15) is 0 Å². The molecule has 0 aromatic rings. The van der Waals surface area contributed by atoms with Gasteiger partial charge in [-0.3, -0.25) is 0 Å². The standard InChI is InChI=1S/C14H25BrO/c1-3-6-13(9-15)10-16-11-14-8-5-4-7-12(14)2/h4-5,12-14H,3,6-11H2,1-2H3. The zero-order valence-corrected chi connectivity index (χ0v) is 12.2. The quantitative estimate of drug-likeness (QED) is 0.498. The van der Waals surface area contributed by atoms with Gasteiger partial charge in [-0.1, -0.05) is 48.4 Å². The molecule has 2 heteroatoms. The fourth-order valence-electron chi connectivity index (χ4n) is 2.24. The van der Waals surface area contributed by atoms with Gasteiger partial charge in [-0.15, -0.1) is 0 Å². The third-order valence-electron chi connectivity index (χ3n) is 3.52. The molecule has 0 bridgehead atoms. The summed E-state index contributed by atoms with van der Waals surface area (Å²) in [5.41, 5.74) is 0. The zero-order valence-electron chi connectivity index (χ0n) is 10.6. The highest BCUT2D eigenvalue weighted by Gasteiger charge is 2.18. The Balaban J connectivity index is 2.16. The van der Waals surface area contributed by atoms with Crippen LogP contribution in [0.3, 0.4) is 0 Å². The summed E-state index contributed by atoms with van der Waals surface area (Å²) in [5.74, 6) is 2.22. The summed E-state index contributed by atoms with van der Waals surface area (Å²) < 4.78 is 5.89. The van der Waals surface area contributed by atoms with Crippen LogP contribution in [-0.2, 0) is 4.74 Å². The predicted molar refractivity (Wildman–Crippen MR) is 74.0 cm³/mol. The summed E-state index contributed by atoms with van der Waals surface area (Å²) in [7, 11) is 0. The van der Waals surface area contributed by atoms with Crippen molar-refractivity contribution >= 4 is 15.9 Å². The lowest BCUT2D eigenvalue weighted by Crippen LogP contribution is -2.22. The van der Waals surface area contributed by atoms with Gasteiger partial charge in [-0.2, -0.15) is 0 Å². The van der Waals surface area contributed by atoms with E-state index < -0.39 is 0 Å². The lowest BCUT2D eigenvalue weighted by molar-refractivity contribution is 0.0582. The van der Waals surface area contributed by atoms with E-state index in [1.165, 1.54) is 25.7 Å². The van der Waals surface area contributed by atoms with Crippen molar-refractivity contribution in [3.63, 3.8) is 0 Å². The summed E-state index contributed by atoms with van der Waals surface area (Å²) >= 11 is 3.56. The molecule has 0 saturated heterocycles. The van der Waals surface area contributed by atoms with E-state index >= 15 is 0 Å². The van der Waals surface area contributed by atoms with Crippen LogP contribution >= 0.6 is 15.9 Å². The maximum Gasteiger partial charge on any atom is 0.0502 e. The second kappa shape index (κ2) is 8.30. The van der Waals surface area contributed by atoms with Crippen LogP contribution in [0, 0.1) is 17.8 Å². The highest BCUT2D eigenvalue weighted by atomic mass is 79.9. The van der Waals surface area contributed by atoms with Crippen LogP contribution in [0.15, 0.2) is 12.2 Å². The van der Waals surface area contributed by atoms with E-state index in [9.17, 15) is 0 Å². The fourth-order valence-corrected chi connectivity index (χ4v) is 2.75. The molecule has 0 aromatic heterocycles. The first-order valence-electron chi connectivity index (χ1n) is 6.56. The Morgan fingerprint density at radius 3 is 2.75 bits per heavy atom. The van der Waals surface area contributed by atoms with Crippen molar-refractivity contribution in [1.82, 2.24) is 0 Å².